The second kappa shape index (κ2) is 8.52. The first-order valence-electron chi connectivity index (χ1n) is 9.20. The summed E-state index contributed by atoms with van der Waals surface area (Å²) in [5.74, 6) is -1.20. The topological polar surface area (TPSA) is 101 Å². The number of aromatic nitrogens is 2. The van der Waals surface area contributed by atoms with Gasteiger partial charge in [-0.1, -0.05) is 42.5 Å². The number of rotatable bonds is 7. The van der Waals surface area contributed by atoms with Crippen LogP contribution < -0.4 is 10.9 Å². The smallest absolute Gasteiger partial charge is 0.307 e. The van der Waals surface area contributed by atoms with E-state index in [9.17, 15) is 14.4 Å². The second-order valence-corrected chi connectivity index (χ2v) is 6.53. The Morgan fingerprint density at radius 1 is 1.07 bits per heavy atom. The van der Waals surface area contributed by atoms with E-state index in [1.165, 1.54) is 11.6 Å². The first-order chi connectivity index (χ1) is 13.9. The molecule has 1 heterocycles. The third-order valence-electron chi connectivity index (χ3n) is 4.43. The zero-order valence-electron chi connectivity index (χ0n) is 16.2. The lowest BCUT2D eigenvalue weighted by Gasteiger charge is -2.16. The highest BCUT2D eigenvalue weighted by Gasteiger charge is 2.21. The number of aryl methyl sites for hydroxylation is 1. The van der Waals surface area contributed by atoms with E-state index in [0.717, 1.165) is 5.56 Å². The quantitative estimate of drug-likeness (QED) is 0.598. The van der Waals surface area contributed by atoms with Gasteiger partial charge >= 0.3 is 5.97 Å². The number of Topliss-reactive ketones (excluding diaryl/α,β-unsaturated/α-hetero) is 1. The maximum Gasteiger partial charge on any atom is 0.307 e. The fourth-order valence-electron chi connectivity index (χ4n) is 3.07. The predicted molar refractivity (Wildman–Crippen MR) is 111 cm³/mol. The summed E-state index contributed by atoms with van der Waals surface area (Å²) in [4.78, 5) is 36.3. The summed E-state index contributed by atoms with van der Waals surface area (Å²) in [5, 5.41) is 16.4. The van der Waals surface area contributed by atoms with Crippen LogP contribution in [0.1, 0.15) is 29.8 Å². The van der Waals surface area contributed by atoms with Gasteiger partial charge in [-0.2, -0.15) is 5.10 Å². The van der Waals surface area contributed by atoms with Gasteiger partial charge in [-0.15, -0.1) is 0 Å². The summed E-state index contributed by atoms with van der Waals surface area (Å²) in [7, 11) is 0. The van der Waals surface area contributed by atoms with Crippen LogP contribution in [0.2, 0.25) is 0 Å². The molecule has 29 heavy (non-hydrogen) atoms. The number of carbonyl (C=O) groups excluding carboxylic acids is 1. The van der Waals surface area contributed by atoms with Crippen molar-refractivity contribution >= 4 is 23.1 Å². The number of nitrogens with one attached hydrogen (secondary N) is 1. The largest absolute Gasteiger partial charge is 0.481 e. The number of hydrogen-bond donors (Lipinski definition) is 2. The third kappa shape index (κ3) is 4.40. The van der Waals surface area contributed by atoms with Crippen LogP contribution in [0.4, 0.5) is 11.4 Å². The van der Waals surface area contributed by atoms with E-state index in [2.05, 4.69) is 10.4 Å². The number of aliphatic carboxylic acids is 1. The molecule has 148 valence electrons. The van der Waals surface area contributed by atoms with Crippen LogP contribution in [0.5, 0.6) is 0 Å². The molecule has 0 atom stereocenters. The Bertz CT molecular complexity index is 1100. The van der Waals surface area contributed by atoms with E-state index in [-0.39, 0.29) is 23.5 Å². The van der Waals surface area contributed by atoms with E-state index >= 15 is 0 Å². The Morgan fingerprint density at radius 3 is 2.28 bits per heavy atom. The summed E-state index contributed by atoms with van der Waals surface area (Å²) in [5.41, 5.74) is 2.36. The van der Waals surface area contributed by atoms with Crippen LogP contribution in [0.25, 0.3) is 11.3 Å². The lowest BCUT2D eigenvalue weighted by atomic mass is 10.0. The van der Waals surface area contributed by atoms with Crippen molar-refractivity contribution in [3.8, 4) is 11.3 Å². The molecule has 0 aliphatic rings. The highest BCUT2D eigenvalue weighted by Crippen LogP contribution is 2.27. The van der Waals surface area contributed by atoms with Gasteiger partial charge in [0.05, 0.1) is 12.0 Å². The third-order valence-corrected chi connectivity index (χ3v) is 4.43. The molecule has 2 aromatic carbocycles. The minimum atomic E-state index is -0.919. The highest BCUT2D eigenvalue weighted by atomic mass is 16.4. The van der Waals surface area contributed by atoms with Crippen molar-refractivity contribution in [2.24, 2.45) is 0 Å². The lowest BCUT2D eigenvalue weighted by molar-refractivity contribution is -0.136. The van der Waals surface area contributed by atoms with Crippen molar-refractivity contribution in [2.45, 2.75) is 26.8 Å². The standard InChI is InChI=1S/C22H21N3O4/c1-3-25-22(29)21(23-17-11-9-15(10-12-17)13-18(27)28)19(14(2)26)20(24-25)16-7-5-4-6-8-16/h4-12,23H,3,13H2,1-2H3,(H,27,28). The fraction of sp³-hybridized carbons (Fsp3) is 0.182. The Hall–Kier alpha value is -3.74. The minimum Gasteiger partial charge on any atom is -0.481 e. The molecule has 2 N–H and O–H groups in total. The summed E-state index contributed by atoms with van der Waals surface area (Å²) in [6, 6.07) is 15.9. The number of nitrogens with zero attached hydrogens (tertiary/aromatic N) is 2. The van der Waals surface area contributed by atoms with Gasteiger partial charge in [0.1, 0.15) is 11.4 Å². The maximum absolute atomic E-state index is 12.9. The van der Waals surface area contributed by atoms with Crippen molar-refractivity contribution in [3.63, 3.8) is 0 Å². The van der Waals surface area contributed by atoms with E-state index in [0.29, 0.717) is 23.5 Å². The van der Waals surface area contributed by atoms with E-state index in [1.54, 1.807) is 31.2 Å². The molecular formula is C22H21N3O4. The molecule has 0 radical (unpaired) electrons. The van der Waals surface area contributed by atoms with Crippen LogP contribution in [0.15, 0.2) is 59.4 Å². The number of hydrogen-bond acceptors (Lipinski definition) is 5. The molecule has 0 saturated heterocycles. The first-order valence-corrected chi connectivity index (χ1v) is 9.20. The monoisotopic (exact) mass is 391 g/mol. The van der Waals surface area contributed by atoms with Crippen LogP contribution in [0.3, 0.4) is 0 Å². The molecule has 0 fully saturated rings. The Kier molecular flexibility index (Phi) is 5.87. The van der Waals surface area contributed by atoms with E-state index in [1.807, 2.05) is 30.3 Å². The predicted octanol–water partition coefficient (Wildman–Crippen LogP) is 3.50. The van der Waals surface area contributed by atoms with Crippen molar-refractivity contribution in [1.82, 2.24) is 9.78 Å². The van der Waals surface area contributed by atoms with Gasteiger partial charge in [0, 0.05) is 17.8 Å². The molecule has 0 spiro atoms. The first kappa shape index (κ1) is 20.0. The number of carboxylic acids is 1. The molecule has 7 heteroatoms. The van der Waals surface area contributed by atoms with Gasteiger partial charge in [0.2, 0.25) is 0 Å². The molecule has 0 amide bonds. The number of benzene rings is 2. The van der Waals surface area contributed by atoms with Gasteiger partial charge in [-0.25, -0.2) is 4.68 Å². The fourth-order valence-corrected chi connectivity index (χ4v) is 3.07. The molecule has 0 bridgehead atoms. The Labute approximate surface area is 167 Å². The van der Waals surface area contributed by atoms with Crippen molar-refractivity contribution in [3.05, 3.63) is 76.1 Å². The van der Waals surface area contributed by atoms with Crippen molar-refractivity contribution < 1.29 is 14.7 Å². The average molecular weight is 391 g/mol. The van der Waals surface area contributed by atoms with Gasteiger partial charge in [0.15, 0.2) is 5.78 Å². The molecule has 0 aliphatic carbocycles. The number of carboxylic acid groups (broad SMARTS) is 1. The molecule has 3 aromatic rings. The number of anilines is 2. The van der Waals surface area contributed by atoms with Gasteiger partial charge in [-0.05, 0) is 31.5 Å². The van der Waals surface area contributed by atoms with E-state index in [4.69, 9.17) is 5.11 Å². The molecule has 0 unspecified atom stereocenters. The molecular weight excluding hydrogens is 370 g/mol. The SMILES string of the molecule is CCn1nc(-c2ccccc2)c(C(C)=O)c(Nc2ccc(CC(=O)O)cc2)c1=O. The minimum absolute atomic E-state index is 0.0883. The summed E-state index contributed by atoms with van der Waals surface area (Å²) < 4.78 is 1.32. The van der Waals surface area contributed by atoms with Crippen LogP contribution in [-0.2, 0) is 17.8 Å². The van der Waals surface area contributed by atoms with E-state index < -0.39 is 11.5 Å². The average Bonchev–Trinajstić information content (AvgIpc) is 2.70. The molecule has 0 aliphatic heterocycles. The van der Waals surface area contributed by atoms with Gasteiger partial charge < -0.3 is 10.4 Å². The normalized spacial score (nSPS) is 10.6. The number of carbonyl (C=O) groups is 2. The molecule has 0 saturated carbocycles. The van der Waals surface area contributed by atoms with Crippen molar-refractivity contribution in [1.29, 1.82) is 0 Å². The summed E-state index contributed by atoms with van der Waals surface area (Å²) >= 11 is 0. The lowest BCUT2D eigenvalue weighted by Crippen LogP contribution is -2.28. The van der Waals surface area contributed by atoms with Crippen LogP contribution in [-0.4, -0.2) is 26.6 Å². The Morgan fingerprint density at radius 2 is 1.72 bits per heavy atom. The summed E-state index contributed by atoms with van der Waals surface area (Å²) in [6.45, 7) is 3.56. The molecule has 3 rings (SSSR count). The summed E-state index contributed by atoms with van der Waals surface area (Å²) in [6.07, 6.45) is -0.0883. The van der Waals surface area contributed by atoms with Crippen molar-refractivity contribution in [2.75, 3.05) is 5.32 Å². The van der Waals surface area contributed by atoms with Gasteiger partial charge in [-0.3, -0.25) is 14.4 Å². The second-order valence-electron chi connectivity index (χ2n) is 6.53. The highest BCUT2D eigenvalue weighted by molar-refractivity contribution is 6.05. The molecule has 1 aromatic heterocycles. The number of ketones is 1. The van der Waals surface area contributed by atoms with Gasteiger partial charge in [0.25, 0.3) is 5.56 Å². The van der Waals surface area contributed by atoms with Crippen LogP contribution >= 0.6 is 0 Å². The maximum atomic E-state index is 12.9. The zero-order valence-corrected chi connectivity index (χ0v) is 16.2. The molecule has 7 nitrogen and oxygen atoms in total. The Balaban J connectivity index is 2.13. The zero-order chi connectivity index (χ0) is 21.0. The van der Waals surface area contributed by atoms with Crippen LogP contribution in [0, 0.1) is 0 Å².